The van der Waals surface area contributed by atoms with Crippen molar-refractivity contribution in [2.75, 3.05) is 14.1 Å². The third-order valence-corrected chi connectivity index (χ3v) is 6.99. The molecule has 0 saturated carbocycles. The monoisotopic (exact) mass is 615 g/mol. The maximum atomic E-state index is 13.8. The van der Waals surface area contributed by atoms with E-state index in [4.69, 9.17) is 0 Å². The van der Waals surface area contributed by atoms with Crippen LogP contribution >= 0.6 is 0 Å². The molecule has 44 heavy (non-hydrogen) atoms. The fourth-order valence-electron chi connectivity index (χ4n) is 5.14. The van der Waals surface area contributed by atoms with Gasteiger partial charge in [-0.25, -0.2) is 0 Å². The number of allylic oxidation sites excluding steroid dienone is 3. The number of alkyl halides is 3. The lowest BCUT2D eigenvalue weighted by molar-refractivity contribution is -0.139. The topological polar surface area (TPSA) is 91.6 Å². The van der Waals surface area contributed by atoms with Crippen molar-refractivity contribution in [1.29, 1.82) is 0 Å². The van der Waals surface area contributed by atoms with Crippen LogP contribution in [0.25, 0.3) is 5.57 Å². The van der Waals surface area contributed by atoms with E-state index < -0.39 is 47.7 Å². The minimum Gasteiger partial charge on any atom is -0.481 e. The molecule has 0 spiro atoms. The van der Waals surface area contributed by atoms with Gasteiger partial charge in [0.2, 0.25) is 5.91 Å². The number of hydrogen-bond donors (Lipinski definition) is 2. The predicted octanol–water partition coefficient (Wildman–Crippen LogP) is 6.70. The molecule has 1 heterocycles. The van der Waals surface area contributed by atoms with Crippen LogP contribution in [-0.4, -0.2) is 46.6 Å². The first kappa shape index (κ1) is 36.3. The summed E-state index contributed by atoms with van der Waals surface area (Å²) in [7, 11) is 3.21. The average Bonchev–Trinajstić information content (AvgIpc) is 2.86. The molecule has 2 aromatic rings. The van der Waals surface area contributed by atoms with Crippen molar-refractivity contribution in [3.63, 3.8) is 0 Å². The normalized spacial score (nSPS) is 13.5. The van der Waals surface area contributed by atoms with Crippen LogP contribution < -0.4 is 10.9 Å². The molecule has 2 atom stereocenters. The van der Waals surface area contributed by atoms with Crippen LogP contribution in [-0.2, 0) is 22.3 Å². The van der Waals surface area contributed by atoms with Crippen molar-refractivity contribution in [3.05, 3.63) is 98.5 Å². The predicted molar refractivity (Wildman–Crippen MR) is 168 cm³/mol. The van der Waals surface area contributed by atoms with E-state index >= 15 is 0 Å². The zero-order chi connectivity index (χ0) is 33.5. The number of carboxylic acid groups (broad SMARTS) is 1. The van der Waals surface area contributed by atoms with Gasteiger partial charge in [-0.3, -0.25) is 14.4 Å². The number of pyridine rings is 1. The van der Waals surface area contributed by atoms with E-state index in [1.807, 2.05) is 65.8 Å². The number of rotatable bonds is 13. The first-order valence-electron chi connectivity index (χ1n) is 14.4. The average molecular weight is 616 g/mol. The minimum atomic E-state index is -4.76. The van der Waals surface area contributed by atoms with Crippen LogP contribution in [0, 0.1) is 19.8 Å². The van der Waals surface area contributed by atoms with Gasteiger partial charge < -0.3 is 19.9 Å². The molecule has 0 aliphatic carbocycles. The summed E-state index contributed by atoms with van der Waals surface area (Å²) in [6, 6.07) is 4.17. The lowest BCUT2D eigenvalue weighted by atomic mass is 9.91. The van der Waals surface area contributed by atoms with Crippen LogP contribution in [0.5, 0.6) is 0 Å². The highest BCUT2D eigenvalue weighted by Gasteiger charge is 2.36. The van der Waals surface area contributed by atoms with Crippen LogP contribution in [0.1, 0.15) is 74.4 Å². The maximum absolute atomic E-state index is 13.8. The number of aromatic nitrogens is 1. The van der Waals surface area contributed by atoms with Gasteiger partial charge in [0.25, 0.3) is 5.56 Å². The second-order valence-corrected chi connectivity index (χ2v) is 12.2. The molecule has 1 aromatic heterocycles. The molecule has 1 unspecified atom stereocenters. The molecular weight excluding hydrogens is 571 g/mol. The molecule has 2 rings (SSSR count). The summed E-state index contributed by atoms with van der Waals surface area (Å²) in [6.07, 6.45) is -0.325. The SMILES string of the molecule is C=C(/C=C(\C=C(C)C)c1c(C)cccc1C)[C@H](CC(=O)O)NC(=O)C(CC(C)C)n1cc(CN(C)C)c(C(F)(F)F)cc1=O. The van der Waals surface area contributed by atoms with E-state index in [0.29, 0.717) is 11.6 Å². The number of carboxylic acids is 1. The van der Waals surface area contributed by atoms with Crippen LogP contribution in [0.3, 0.4) is 0 Å². The fourth-order valence-corrected chi connectivity index (χ4v) is 5.14. The van der Waals surface area contributed by atoms with Crippen molar-refractivity contribution in [3.8, 4) is 0 Å². The molecule has 0 fully saturated rings. The Hall–Kier alpha value is -3.92. The molecule has 7 nitrogen and oxygen atoms in total. The molecule has 2 N–H and O–H groups in total. The molecule has 1 amide bonds. The Morgan fingerprint density at radius 2 is 1.70 bits per heavy atom. The summed E-state index contributed by atoms with van der Waals surface area (Å²) in [5, 5.41) is 12.5. The third-order valence-electron chi connectivity index (χ3n) is 6.99. The smallest absolute Gasteiger partial charge is 0.416 e. The molecule has 10 heteroatoms. The number of nitrogens with zero attached hydrogens (tertiary/aromatic N) is 2. The highest BCUT2D eigenvalue weighted by Crippen LogP contribution is 2.32. The van der Waals surface area contributed by atoms with Gasteiger partial charge >= 0.3 is 12.1 Å². The molecule has 0 bridgehead atoms. The minimum absolute atomic E-state index is 0.111. The number of aliphatic carboxylic acids is 1. The highest BCUT2D eigenvalue weighted by molar-refractivity contribution is 5.84. The van der Waals surface area contributed by atoms with E-state index in [9.17, 15) is 32.7 Å². The standard InChI is InChI=1S/C34H44F3N3O4/c1-20(2)13-25(32-22(5)11-10-12-23(32)6)15-24(7)28(17-31(42)43)38-33(44)29(14-21(3)4)40-19-26(18-39(8)9)27(16-30(40)41)34(35,36)37/h10-13,15-16,19,21,28-29H,7,14,17-18H2,1-6,8-9H3,(H,38,44)(H,42,43)/b25-15+/t28-,29?/m0/s1. The van der Waals surface area contributed by atoms with Crippen LogP contribution in [0.4, 0.5) is 13.2 Å². The number of carbonyl (C=O) groups excluding carboxylic acids is 1. The second-order valence-electron chi connectivity index (χ2n) is 12.2. The lowest BCUT2D eigenvalue weighted by Crippen LogP contribution is -2.44. The van der Waals surface area contributed by atoms with Gasteiger partial charge in [0.15, 0.2) is 0 Å². The van der Waals surface area contributed by atoms with Crippen LogP contribution in [0.2, 0.25) is 0 Å². The van der Waals surface area contributed by atoms with Crippen LogP contribution in [0.15, 0.2) is 65.1 Å². The number of benzene rings is 1. The Morgan fingerprint density at radius 1 is 1.11 bits per heavy atom. The van der Waals surface area contributed by atoms with Gasteiger partial charge in [-0.05, 0) is 93.6 Å². The summed E-state index contributed by atoms with van der Waals surface area (Å²) in [5.74, 6) is -1.99. The van der Waals surface area contributed by atoms with E-state index in [1.165, 1.54) is 4.90 Å². The Balaban J connectivity index is 2.63. The number of nitrogens with one attached hydrogen (secondary N) is 1. The van der Waals surface area contributed by atoms with Gasteiger partial charge in [-0.1, -0.05) is 50.3 Å². The third kappa shape index (κ3) is 10.1. The quantitative estimate of drug-likeness (QED) is 0.245. The van der Waals surface area contributed by atoms with Crippen molar-refractivity contribution >= 4 is 17.4 Å². The van der Waals surface area contributed by atoms with E-state index in [0.717, 1.165) is 38.6 Å². The van der Waals surface area contributed by atoms with Crippen molar-refractivity contribution < 1.29 is 27.9 Å². The first-order valence-corrected chi connectivity index (χ1v) is 14.4. The summed E-state index contributed by atoms with van der Waals surface area (Å²) in [6.45, 7) is 15.4. The van der Waals surface area contributed by atoms with Crippen molar-refractivity contribution in [1.82, 2.24) is 14.8 Å². The van der Waals surface area contributed by atoms with Crippen molar-refractivity contribution in [2.24, 2.45) is 5.92 Å². The molecule has 0 saturated heterocycles. The number of hydrogen-bond acceptors (Lipinski definition) is 4. The van der Waals surface area contributed by atoms with E-state index in [1.54, 1.807) is 20.2 Å². The largest absolute Gasteiger partial charge is 0.481 e. The Kier molecular flexibility index (Phi) is 12.5. The zero-order valence-electron chi connectivity index (χ0n) is 26.8. The highest BCUT2D eigenvalue weighted by atomic mass is 19.4. The van der Waals surface area contributed by atoms with Gasteiger partial charge in [0.05, 0.1) is 18.0 Å². The van der Waals surface area contributed by atoms with Gasteiger partial charge in [-0.15, -0.1) is 0 Å². The fraction of sp³-hybridized carbons (Fsp3) is 0.441. The molecule has 0 aliphatic rings. The Labute approximate surface area is 257 Å². The maximum Gasteiger partial charge on any atom is 0.416 e. The summed E-state index contributed by atoms with van der Waals surface area (Å²) in [5.41, 5.74) is 2.90. The molecule has 1 aromatic carbocycles. The number of halogens is 3. The Morgan fingerprint density at radius 3 is 2.18 bits per heavy atom. The lowest BCUT2D eigenvalue weighted by Gasteiger charge is -2.27. The van der Waals surface area contributed by atoms with E-state index in [2.05, 4.69) is 11.9 Å². The second kappa shape index (κ2) is 15.2. The summed E-state index contributed by atoms with van der Waals surface area (Å²) in [4.78, 5) is 40.3. The van der Waals surface area contributed by atoms with Gasteiger partial charge in [0.1, 0.15) is 6.04 Å². The number of aryl methyl sites for hydroxylation is 2. The van der Waals surface area contributed by atoms with E-state index in [-0.39, 0.29) is 24.4 Å². The number of carbonyl (C=O) groups is 2. The number of amides is 1. The van der Waals surface area contributed by atoms with Crippen molar-refractivity contribution in [2.45, 2.75) is 79.2 Å². The van der Waals surface area contributed by atoms with Gasteiger partial charge in [0, 0.05) is 18.8 Å². The molecule has 240 valence electrons. The molecule has 0 aliphatic heterocycles. The Bertz CT molecular complexity index is 1480. The summed E-state index contributed by atoms with van der Waals surface area (Å²) < 4.78 is 42.4. The summed E-state index contributed by atoms with van der Waals surface area (Å²) >= 11 is 0. The first-order chi connectivity index (χ1) is 20.3. The molecular formula is C34H44F3N3O4. The van der Waals surface area contributed by atoms with Gasteiger partial charge in [-0.2, -0.15) is 13.2 Å². The molecule has 0 radical (unpaired) electrons. The zero-order valence-corrected chi connectivity index (χ0v) is 26.8.